The molecule has 0 aromatic heterocycles. The Bertz CT molecular complexity index is 712. The number of carbonyl (C=O) groups excluding carboxylic acids is 4. The largest absolute Gasteiger partial charge is 0.316 e. The van der Waals surface area contributed by atoms with Crippen LogP contribution in [0.15, 0.2) is 11.9 Å². The fraction of sp³-hybridized carbons (Fsp3) is 0.700. The van der Waals surface area contributed by atoms with Gasteiger partial charge in [-0.2, -0.15) is 0 Å². The van der Waals surface area contributed by atoms with Gasteiger partial charge in [0.15, 0.2) is 0 Å². The molecule has 3 aliphatic rings. The summed E-state index contributed by atoms with van der Waals surface area (Å²) < 4.78 is 0. The summed E-state index contributed by atoms with van der Waals surface area (Å²) in [5.41, 5.74) is -0.0732. The summed E-state index contributed by atoms with van der Waals surface area (Å²) >= 11 is 0. The summed E-state index contributed by atoms with van der Waals surface area (Å²) in [6.07, 6.45) is 5.15. The number of piperidine rings is 1. The van der Waals surface area contributed by atoms with Gasteiger partial charge in [-0.15, -0.1) is 0 Å². The monoisotopic (exact) mass is 375 g/mol. The Hall–Kier alpha value is -2.18. The van der Waals surface area contributed by atoms with Crippen molar-refractivity contribution in [2.45, 2.75) is 71.9 Å². The lowest BCUT2D eigenvalue weighted by Crippen LogP contribution is -2.67. The van der Waals surface area contributed by atoms with Gasteiger partial charge in [0.05, 0.1) is 11.7 Å². The molecule has 7 nitrogen and oxygen atoms in total. The molecule has 0 spiro atoms. The number of rotatable bonds is 5. The summed E-state index contributed by atoms with van der Waals surface area (Å²) in [6, 6.07) is -0.964. The van der Waals surface area contributed by atoms with E-state index in [0.717, 1.165) is 12.8 Å². The highest BCUT2D eigenvalue weighted by molar-refractivity contribution is 6.38. The smallest absolute Gasteiger partial charge is 0.291 e. The Kier molecular flexibility index (Phi) is 5.14. The van der Waals surface area contributed by atoms with E-state index >= 15 is 0 Å². The number of carbonyl (C=O) groups is 4. The Labute approximate surface area is 160 Å². The molecule has 0 N–H and O–H groups in total. The average molecular weight is 375 g/mol. The molecule has 0 saturated carbocycles. The van der Waals surface area contributed by atoms with Crippen molar-refractivity contribution >= 4 is 23.5 Å². The lowest BCUT2D eigenvalue weighted by molar-refractivity contribution is -0.163. The van der Waals surface area contributed by atoms with E-state index in [0.29, 0.717) is 31.5 Å². The summed E-state index contributed by atoms with van der Waals surface area (Å²) in [6.45, 7) is 8.00. The number of Topliss-reactive ketones (excluding diaryl/α,β-unsaturated/α-hetero) is 1. The maximum atomic E-state index is 13.1. The van der Waals surface area contributed by atoms with Crippen LogP contribution >= 0.6 is 0 Å². The average Bonchev–Trinajstić information content (AvgIpc) is 2.66. The van der Waals surface area contributed by atoms with Crippen molar-refractivity contribution in [2.24, 2.45) is 5.41 Å². The zero-order chi connectivity index (χ0) is 19.9. The SMILES string of the molecule is CCCN1C=C2C3CCCC(C(=O)N2CC1=O)N3C(=O)C(=O)C(C)(C)CC. The third kappa shape index (κ3) is 3.17. The third-order valence-electron chi connectivity index (χ3n) is 6.12. The van der Waals surface area contributed by atoms with E-state index in [-0.39, 0.29) is 24.4 Å². The van der Waals surface area contributed by atoms with E-state index in [1.807, 2.05) is 13.8 Å². The molecule has 0 radical (unpaired) electrons. The number of nitrogens with zero attached hydrogens (tertiary/aromatic N) is 3. The normalized spacial score (nSPS) is 25.3. The van der Waals surface area contributed by atoms with Crippen LogP contribution in [0.3, 0.4) is 0 Å². The van der Waals surface area contributed by atoms with E-state index in [1.54, 1.807) is 24.9 Å². The van der Waals surface area contributed by atoms with E-state index in [9.17, 15) is 19.2 Å². The first-order valence-electron chi connectivity index (χ1n) is 9.92. The van der Waals surface area contributed by atoms with Crippen molar-refractivity contribution < 1.29 is 19.2 Å². The van der Waals surface area contributed by atoms with Gasteiger partial charge in [-0.25, -0.2) is 0 Å². The lowest BCUT2D eigenvalue weighted by Gasteiger charge is -2.52. The summed E-state index contributed by atoms with van der Waals surface area (Å²) in [7, 11) is 0. The van der Waals surface area contributed by atoms with Gasteiger partial charge in [0.2, 0.25) is 17.6 Å². The number of fused-ring (bicyclic) bond motifs is 4. The standard InChI is InChI=1S/C20H29N3O4/c1-5-10-21-11-15-13-8-7-9-14(18(26)22(15)12-16(21)24)23(13)19(27)17(25)20(3,4)6-2/h11,13-14H,5-10,12H2,1-4H3. The molecule has 0 aromatic rings. The lowest BCUT2D eigenvalue weighted by atomic mass is 9.82. The molecular formula is C20H29N3O4. The molecule has 2 unspecified atom stereocenters. The predicted molar refractivity (Wildman–Crippen MR) is 99.2 cm³/mol. The van der Waals surface area contributed by atoms with Crippen molar-refractivity contribution in [3.8, 4) is 0 Å². The van der Waals surface area contributed by atoms with Crippen molar-refractivity contribution in [1.29, 1.82) is 0 Å². The van der Waals surface area contributed by atoms with Crippen LogP contribution in [0.25, 0.3) is 0 Å². The van der Waals surface area contributed by atoms with E-state index in [2.05, 4.69) is 0 Å². The highest BCUT2D eigenvalue weighted by atomic mass is 16.2. The van der Waals surface area contributed by atoms with Crippen LogP contribution in [0.5, 0.6) is 0 Å². The Morgan fingerprint density at radius 2 is 1.81 bits per heavy atom. The number of amides is 3. The molecule has 148 valence electrons. The van der Waals surface area contributed by atoms with Crippen LogP contribution in [-0.4, -0.2) is 63.4 Å². The molecule has 27 heavy (non-hydrogen) atoms. The minimum atomic E-state index is -0.753. The van der Waals surface area contributed by atoms with Crippen LogP contribution in [0.2, 0.25) is 0 Å². The highest BCUT2D eigenvalue weighted by Gasteiger charge is 2.52. The fourth-order valence-electron chi connectivity index (χ4n) is 4.08. The molecule has 2 saturated heterocycles. The van der Waals surface area contributed by atoms with Gasteiger partial charge in [0, 0.05) is 18.2 Å². The maximum absolute atomic E-state index is 13.1. The molecule has 3 rings (SSSR count). The second kappa shape index (κ2) is 7.09. The van der Waals surface area contributed by atoms with Gasteiger partial charge in [-0.1, -0.05) is 27.7 Å². The number of ketones is 1. The first-order chi connectivity index (χ1) is 12.7. The van der Waals surface area contributed by atoms with Gasteiger partial charge in [-0.3, -0.25) is 19.2 Å². The highest BCUT2D eigenvalue weighted by Crippen LogP contribution is 2.38. The zero-order valence-electron chi connectivity index (χ0n) is 16.7. The minimum absolute atomic E-state index is 0.0219. The van der Waals surface area contributed by atoms with Crippen LogP contribution in [-0.2, 0) is 19.2 Å². The Morgan fingerprint density at radius 3 is 2.44 bits per heavy atom. The third-order valence-corrected chi connectivity index (χ3v) is 6.12. The van der Waals surface area contributed by atoms with Gasteiger partial charge in [0.25, 0.3) is 5.91 Å². The second-order valence-corrected chi connectivity index (χ2v) is 8.31. The molecule has 3 aliphatic heterocycles. The quantitative estimate of drug-likeness (QED) is 0.685. The zero-order valence-corrected chi connectivity index (χ0v) is 16.7. The first kappa shape index (κ1) is 19.6. The summed E-state index contributed by atoms with van der Waals surface area (Å²) in [4.78, 5) is 56.0. The van der Waals surface area contributed by atoms with Crippen LogP contribution in [0.1, 0.15) is 59.8 Å². The van der Waals surface area contributed by atoms with Gasteiger partial charge < -0.3 is 14.7 Å². The molecular weight excluding hydrogens is 346 g/mol. The second-order valence-electron chi connectivity index (χ2n) is 8.31. The fourth-order valence-corrected chi connectivity index (χ4v) is 4.08. The van der Waals surface area contributed by atoms with Crippen LogP contribution in [0, 0.1) is 5.41 Å². The topological polar surface area (TPSA) is 78.0 Å². The molecule has 0 aliphatic carbocycles. The van der Waals surface area contributed by atoms with Gasteiger partial charge >= 0.3 is 0 Å². The Balaban J connectivity index is 1.99. The van der Waals surface area contributed by atoms with Crippen molar-refractivity contribution in [1.82, 2.24) is 14.7 Å². The maximum Gasteiger partial charge on any atom is 0.291 e. The van der Waals surface area contributed by atoms with Crippen molar-refractivity contribution in [3.05, 3.63) is 11.9 Å². The predicted octanol–water partition coefficient (Wildman–Crippen LogP) is 1.68. The van der Waals surface area contributed by atoms with Crippen LogP contribution in [0.4, 0.5) is 0 Å². The first-order valence-corrected chi connectivity index (χ1v) is 9.92. The van der Waals surface area contributed by atoms with Gasteiger partial charge in [0.1, 0.15) is 12.6 Å². The molecule has 0 aromatic carbocycles. The molecule has 2 atom stereocenters. The number of hydrogen-bond acceptors (Lipinski definition) is 4. The summed E-state index contributed by atoms with van der Waals surface area (Å²) in [5.74, 6) is -1.35. The molecule has 7 heteroatoms. The Morgan fingerprint density at radius 1 is 1.15 bits per heavy atom. The van der Waals surface area contributed by atoms with Crippen LogP contribution < -0.4 is 0 Å². The van der Waals surface area contributed by atoms with E-state index in [4.69, 9.17) is 0 Å². The number of piperazine rings is 1. The molecule has 3 amide bonds. The molecule has 2 fully saturated rings. The number of hydrogen-bond donors (Lipinski definition) is 0. The van der Waals surface area contributed by atoms with Gasteiger partial charge in [-0.05, 0) is 32.1 Å². The van der Waals surface area contributed by atoms with E-state index in [1.165, 1.54) is 9.80 Å². The molecule has 2 bridgehead atoms. The summed E-state index contributed by atoms with van der Waals surface area (Å²) in [5, 5.41) is 0. The molecule has 3 heterocycles. The van der Waals surface area contributed by atoms with E-state index < -0.39 is 23.1 Å². The minimum Gasteiger partial charge on any atom is -0.316 e. The van der Waals surface area contributed by atoms with Crippen molar-refractivity contribution in [2.75, 3.05) is 13.1 Å². The van der Waals surface area contributed by atoms with Crippen molar-refractivity contribution in [3.63, 3.8) is 0 Å².